The highest BCUT2D eigenvalue weighted by Crippen LogP contribution is 2.30. The lowest BCUT2D eigenvalue weighted by Gasteiger charge is -2.22. The highest BCUT2D eigenvalue weighted by atomic mass is 32.1. The molecule has 0 radical (unpaired) electrons. The minimum absolute atomic E-state index is 0.726. The summed E-state index contributed by atoms with van der Waals surface area (Å²) in [6.45, 7) is 2.94. The van der Waals surface area contributed by atoms with E-state index < -0.39 is 0 Å². The molecule has 1 heterocycles. The van der Waals surface area contributed by atoms with E-state index in [0.717, 1.165) is 24.8 Å². The molecule has 2 nitrogen and oxygen atoms in total. The van der Waals surface area contributed by atoms with Gasteiger partial charge in [0.25, 0.3) is 0 Å². The van der Waals surface area contributed by atoms with Gasteiger partial charge < -0.3 is 5.73 Å². The second kappa shape index (κ2) is 5.78. The lowest BCUT2D eigenvalue weighted by atomic mass is 9.85. The SMILES string of the molecule is Cc1nc(CC2CCCCCC2CN)cs1. The molecule has 2 rings (SSSR count). The molecule has 0 aliphatic heterocycles. The first kappa shape index (κ1) is 12.1. The van der Waals surface area contributed by atoms with Gasteiger partial charge in [-0.3, -0.25) is 0 Å². The van der Waals surface area contributed by atoms with Crippen LogP contribution in [0.3, 0.4) is 0 Å². The fourth-order valence-electron chi connectivity index (χ4n) is 2.81. The summed E-state index contributed by atoms with van der Waals surface area (Å²) in [6, 6.07) is 0. The van der Waals surface area contributed by atoms with Gasteiger partial charge in [-0.25, -0.2) is 4.98 Å². The van der Waals surface area contributed by atoms with Gasteiger partial charge in [-0.2, -0.15) is 0 Å². The Morgan fingerprint density at radius 1 is 1.31 bits per heavy atom. The Balaban J connectivity index is 1.99. The first-order valence-electron chi connectivity index (χ1n) is 6.40. The number of hydrogen-bond donors (Lipinski definition) is 1. The van der Waals surface area contributed by atoms with E-state index in [-0.39, 0.29) is 0 Å². The number of aromatic nitrogens is 1. The quantitative estimate of drug-likeness (QED) is 0.822. The van der Waals surface area contributed by atoms with Crippen LogP contribution in [0.2, 0.25) is 0 Å². The summed E-state index contributed by atoms with van der Waals surface area (Å²) in [7, 11) is 0. The van der Waals surface area contributed by atoms with Crippen LogP contribution in [0.15, 0.2) is 5.38 Å². The maximum absolute atomic E-state index is 5.90. The molecule has 1 aromatic rings. The van der Waals surface area contributed by atoms with E-state index >= 15 is 0 Å². The van der Waals surface area contributed by atoms with Crippen molar-refractivity contribution in [1.82, 2.24) is 4.98 Å². The Labute approximate surface area is 102 Å². The average molecular weight is 238 g/mol. The van der Waals surface area contributed by atoms with Crippen LogP contribution in [0.1, 0.15) is 42.8 Å². The number of thiazole rings is 1. The molecular weight excluding hydrogens is 216 g/mol. The minimum atomic E-state index is 0.726. The van der Waals surface area contributed by atoms with Crippen molar-refractivity contribution in [2.45, 2.75) is 45.4 Å². The van der Waals surface area contributed by atoms with Gasteiger partial charge in [0.2, 0.25) is 0 Å². The fraction of sp³-hybridized carbons (Fsp3) is 0.769. The zero-order valence-electron chi connectivity index (χ0n) is 10.1. The first-order chi connectivity index (χ1) is 7.79. The van der Waals surface area contributed by atoms with E-state index in [0.29, 0.717) is 0 Å². The summed E-state index contributed by atoms with van der Waals surface area (Å²) in [6.07, 6.45) is 7.96. The molecule has 2 N–H and O–H groups in total. The minimum Gasteiger partial charge on any atom is -0.330 e. The third-order valence-electron chi connectivity index (χ3n) is 3.76. The van der Waals surface area contributed by atoms with Crippen molar-refractivity contribution in [2.24, 2.45) is 17.6 Å². The van der Waals surface area contributed by atoms with Crippen LogP contribution in [0.4, 0.5) is 0 Å². The third-order valence-corrected chi connectivity index (χ3v) is 4.58. The molecule has 1 aliphatic rings. The predicted molar refractivity (Wildman–Crippen MR) is 69.7 cm³/mol. The van der Waals surface area contributed by atoms with Gasteiger partial charge in [0.15, 0.2) is 0 Å². The molecule has 2 atom stereocenters. The third kappa shape index (κ3) is 3.05. The van der Waals surface area contributed by atoms with Gasteiger partial charge >= 0.3 is 0 Å². The van der Waals surface area contributed by atoms with Crippen molar-refractivity contribution < 1.29 is 0 Å². The fourth-order valence-corrected chi connectivity index (χ4v) is 3.44. The van der Waals surface area contributed by atoms with Crippen molar-refractivity contribution in [3.05, 3.63) is 16.1 Å². The van der Waals surface area contributed by atoms with Gasteiger partial charge in [-0.1, -0.05) is 19.3 Å². The Hall–Kier alpha value is -0.410. The first-order valence-corrected chi connectivity index (χ1v) is 7.28. The van der Waals surface area contributed by atoms with Crippen LogP contribution in [-0.2, 0) is 6.42 Å². The van der Waals surface area contributed by atoms with E-state index in [4.69, 9.17) is 5.73 Å². The van der Waals surface area contributed by atoms with Crippen LogP contribution in [0, 0.1) is 18.8 Å². The second-order valence-electron chi connectivity index (χ2n) is 4.96. The summed E-state index contributed by atoms with van der Waals surface area (Å²) >= 11 is 1.76. The maximum Gasteiger partial charge on any atom is 0.0897 e. The summed E-state index contributed by atoms with van der Waals surface area (Å²) in [4.78, 5) is 4.58. The zero-order valence-corrected chi connectivity index (χ0v) is 10.9. The molecule has 0 aromatic carbocycles. The van der Waals surface area contributed by atoms with Crippen LogP contribution in [0.25, 0.3) is 0 Å². The molecule has 1 aliphatic carbocycles. The van der Waals surface area contributed by atoms with E-state index in [1.54, 1.807) is 11.3 Å². The summed E-state index contributed by atoms with van der Waals surface area (Å²) in [5.74, 6) is 1.50. The molecule has 0 saturated heterocycles. The summed E-state index contributed by atoms with van der Waals surface area (Å²) < 4.78 is 0. The largest absolute Gasteiger partial charge is 0.330 e. The van der Waals surface area contributed by atoms with E-state index in [2.05, 4.69) is 17.3 Å². The van der Waals surface area contributed by atoms with Gasteiger partial charge in [-0.05, 0) is 44.6 Å². The molecule has 2 unspecified atom stereocenters. The van der Waals surface area contributed by atoms with Crippen molar-refractivity contribution >= 4 is 11.3 Å². The van der Waals surface area contributed by atoms with Crippen LogP contribution in [-0.4, -0.2) is 11.5 Å². The molecule has 16 heavy (non-hydrogen) atoms. The van der Waals surface area contributed by atoms with Gasteiger partial charge in [0.05, 0.1) is 10.7 Å². The molecular formula is C13H22N2S. The monoisotopic (exact) mass is 238 g/mol. The Morgan fingerprint density at radius 3 is 2.69 bits per heavy atom. The van der Waals surface area contributed by atoms with Crippen molar-refractivity contribution in [2.75, 3.05) is 6.54 Å². The lowest BCUT2D eigenvalue weighted by molar-refractivity contribution is 0.316. The van der Waals surface area contributed by atoms with E-state index in [1.807, 2.05) is 0 Å². The topological polar surface area (TPSA) is 38.9 Å². The maximum atomic E-state index is 5.90. The standard InChI is InChI=1S/C13H22N2S/c1-10-15-13(9-16-10)7-11-5-3-2-4-6-12(11)8-14/h9,11-12H,2-8,14H2,1H3. The van der Waals surface area contributed by atoms with Crippen LogP contribution < -0.4 is 5.73 Å². The van der Waals surface area contributed by atoms with Crippen LogP contribution in [0.5, 0.6) is 0 Å². The predicted octanol–water partition coefficient (Wildman–Crippen LogP) is 3.15. The molecule has 90 valence electrons. The molecule has 1 fully saturated rings. The Bertz CT molecular complexity index is 321. The van der Waals surface area contributed by atoms with Crippen molar-refractivity contribution in [3.8, 4) is 0 Å². The normalized spacial score (nSPS) is 26.6. The average Bonchev–Trinajstić information content (AvgIpc) is 2.56. The van der Waals surface area contributed by atoms with E-state index in [9.17, 15) is 0 Å². The van der Waals surface area contributed by atoms with Crippen LogP contribution >= 0.6 is 11.3 Å². The van der Waals surface area contributed by atoms with Gasteiger partial charge in [0.1, 0.15) is 0 Å². The molecule has 0 amide bonds. The zero-order chi connectivity index (χ0) is 11.4. The highest BCUT2D eigenvalue weighted by molar-refractivity contribution is 7.09. The molecule has 0 bridgehead atoms. The van der Waals surface area contributed by atoms with Gasteiger partial charge in [0, 0.05) is 5.38 Å². The molecule has 3 heteroatoms. The smallest absolute Gasteiger partial charge is 0.0897 e. The molecule has 1 saturated carbocycles. The molecule has 1 aromatic heterocycles. The Kier molecular flexibility index (Phi) is 4.36. The highest BCUT2D eigenvalue weighted by Gasteiger charge is 2.23. The molecule has 0 spiro atoms. The number of rotatable bonds is 3. The Morgan fingerprint density at radius 2 is 2.06 bits per heavy atom. The van der Waals surface area contributed by atoms with Crippen molar-refractivity contribution in [1.29, 1.82) is 0 Å². The number of hydrogen-bond acceptors (Lipinski definition) is 3. The number of nitrogens with zero attached hydrogens (tertiary/aromatic N) is 1. The van der Waals surface area contributed by atoms with Crippen molar-refractivity contribution in [3.63, 3.8) is 0 Å². The number of aryl methyl sites for hydroxylation is 1. The van der Waals surface area contributed by atoms with Gasteiger partial charge in [-0.15, -0.1) is 11.3 Å². The summed E-state index contributed by atoms with van der Waals surface area (Å²) in [5.41, 5.74) is 7.19. The van der Waals surface area contributed by atoms with E-state index in [1.165, 1.54) is 42.8 Å². The summed E-state index contributed by atoms with van der Waals surface area (Å²) in [5, 5.41) is 3.40. The number of nitrogens with two attached hydrogens (primary N) is 1. The lowest BCUT2D eigenvalue weighted by Crippen LogP contribution is -2.24. The second-order valence-corrected chi connectivity index (χ2v) is 6.02.